The van der Waals surface area contributed by atoms with Gasteiger partial charge in [-0.3, -0.25) is 9.48 Å². The Hall–Kier alpha value is -1.64. The minimum atomic E-state index is 0.544. The molecule has 0 N–H and O–H groups in total. The second-order valence-electron chi connectivity index (χ2n) is 3.70. The van der Waals surface area contributed by atoms with E-state index in [2.05, 4.69) is 12.0 Å². The third-order valence-electron chi connectivity index (χ3n) is 2.55. The Morgan fingerprint density at radius 3 is 2.93 bits per heavy atom. The first-order chi connectivity index (χ1) is 7.27. The molecule has 1 aromatic carbocycles. The summed E-state index contributed by atoms with van der Waals surface area (Å²) in [6, 6.07) is 5.96. The lowest BCUT2D eigenvalue weighted by Gasteiger charge is -2.02. The Balaban J connectivity index is 2.75. The Morgan fingerprint density at radius 2 is 2.27 bits per heavy atom. The van der Waals surface area contributed by atoms with Gasteiger partial charge in [0.2, 0.25) is 0 Å². The van der Waals surface area contributed by atoms with Crippen LogP contribution in [0.3, 0.4) is 0 Å². The monoisotopic (exact) mass is 202 g/mol. The van der Waals surface area contributed by atoms with Crippen LogP contribution in [-0.2, 0) is 6.54 Å². The van der Waals surface area contributed by atoms with Crippen molar-refractivity contribution in [2.24, 2.45) is 0 Å². The van der Waals surface area contributed by atoms with E-state index in [-0.39, 0.29) is 0 Å². The molecule has 0 spiro atoms. The molecule has 1 heterocycles. The molecular weight excluding hydrogens is 188 g/mol. The molecule has 0 aliphatic carbocycles. The fourth-order valence-corrected chi connectivity index (χ4v) is 1.90. The number of benzene rings is 1. The van der Waals surface area contributed by atoms with Gasteiger partial charge >= 0.3 is 0 Å². The normalized spacial score (nSPS) is 10.8. The molecule has 2 rings (SSSR count). The van der Waals surface area contributed by atoms with Gasteiger partial charge in [-0.05, 0) is 18.9 Å². The van der Waals surface area contributed by atoms with Crippen molar-refractivity contribution < 1.29 is 4.79 Å². The fourth-order valence-electron chi connectivity index (χ4n) is 1.90. The van der Waals surface area contributed by atoms with Crippen molar-refractivity contribution in [3.8, 4) is 0 Å². The number of hydrogen-bond acceptors (Lipinski definition) is 2. The molecule has 0 saturated carbocycles. The van der Waals surface area contributed by atoms with Gasteiger partial charge in [-0.1, -0.05) is 25.1 Å². The highest BCUT2D eigenvalue weighted by Crippen LogP contribution is 2.21. The van der Waals surface area contributed by atoms with Crippen LogP contribution in [0.1, 0.15) is 29.4 Å². The maximum absolute atomic E-state index is 10.9. The zero-order chi connectivity index (χ0) is 10.8. The number of rotatable bonds is 3. The van der Waals surface area contributed by atoms with E-state index in [1.54, 1.807) is 0 Å². The van der Waals surface area contributed by atoms with E-state index < -0.39 is 0 Å². The average molecular weight is 202 g/mol. The van der Waals surface area contributed by atoms with Crippen molar-refractivity contribution in [2.75, 3.05) is 0 Å². The van der Waals surface area contributed by atoms with E-state index >= 15 is 0 Å². The molecule has 0 saturated heterocycles. The van der Waals surface area contributed by atoms with Gasteiger partial charge in [-0.15, -0.1) is 0 Å². The Bertz CT molecular complexity index is 500. The summed E-state index contributed by atoms with van der Waals surface area (Å²) in [6.45, 7) is 5.01. The first kappa shape index (κ1) is 9.90. The zero-order valence-corrected chi connectivity index (χ0v) is 9.03. The molecule has 3 heteroatoms. The number of carbonyl (C=O) groups excluding carboxylic acids is 1. The summed E-state index contributed by atoms with van der Waals surface area (Å²) in [5.74, 6) is 0. The lowest BCUT2D eigenvalue weighted by molar-refractivity contribution is 0.111. The molecule has 0 bridgehead atoms. The summed E-state index contributed by atoms with van der Waals surface area (Å²) in [6.07, 6.45) is 1.84. The van der Waals surface area contributed by atoms with Crippen LogP contribution in [-0.4, -0.2) is 16.1 Å². The number of carbonyl (C=O) groups is 1. The molecule has 0 aliphatic rings. The maximum atomic E-state index is 10.9. The fraction of sp³-hybridized carbons (Fsp3) is 0.333. The van der Waals surface area contributed by atoms with E-state index in [1.165, 1.54) is 5.56 Å². The molecule has 0 atom stereocenters. The van der Waals surface area contributed by atoms with Crippen LogP contribution in [0.15, 0.2) is 18.2 Å². The third-order valence-corrected chi connectivity index (χ3v) is 2.55. The van der Waals surface area contributed by atoms with Gasteiger partial charge in [0.15, 0.2) is 6.29 Å². The summed E-state index contributed by atoms with van der Waals surface area (Å²) in [5.41, 5.74) is 2.80. The van der Waals surface area contributed by atoms with Crippen LogP contribution in [0.4, 0.5) is 0 Å². The van der Waals surface area contributed by atoms with Crippen LogP contribution in [0, 0.1) is 6.92 Å². The summed E-state index contributed by atoms with van der Waals surface area (Å²) >= 11 is 0. The smallest absolute Gasteiger partial charge is 0.170 e. The number of para-hydroxylation sites is 1. The highest BCUT2D eigenvalue weighted by atomic mass is 16.1. The van der Waals surface area contributed by atoms with E-state index in [0.717, 1.165) is 30.2 Å². The highest BCUT2D eigenvalue weighted by Gasteiger charge is 2.10. The minimum Gasteiger partial charge on any atom is -0.296 e. The summed E-state index contributed by atoms with van der Waals surface area (Å²) in [5, 5.41) is 5.26. The van der Waals surface area contributed by atoms with Crippen LogP contribution in [0.2, 0.25) is 0 Å². The van der Waals surface area contributed by atoms with Gasteiger partial charge < -0.3 is 0 Å². The number of aryl methyl sites for hydroxylation is 2. The predicted octanol–water partition coefficient (Wildman–Crippen LogP) is 2.57. The second kappa shape index (κ2) is 3.85. The SMILES string of the molecule is CCCn1nc(C=O)c2cccc(C)c21. The standard InChI is InChI=1S/C12H14N2O/c1-3-7-14-12-9(2)5-4-6-10(12)11(8-15)13-14/h4-6,8H,3,7H2,1-2H3. The van der Waals surface area contributed by atoms with Gasteiger partial charge in [-0.25, -0.2) is 0 Å². The van der Waals surface area contributed by atoms with Crippen LogP contribution < -0.4 is 0 Å². The lowest BCUT2D eigenvalue weighted by Crippen LogP contribution is -2.00. The predicted molar refractivity (Wildman–Crippen MR) is 60.1 cm³/mol. The van der Waals surface area contributed by atoms with E-state index in [9.17, 15) is 4.79 Å². The first-order valence-electron chi connectivity index (χ1n) is 5.19. The number of aldehydes is 1. The molecule has 0 unspecified atom stereocenters. The molecule has 15 heavy (non-hydrogen) atoms. The quantitative estimate of drug-likeness (QED) is 0.717. The topological polar surface area (TPSA) is 34.9 Å². The molecule has 0 amide bonds. The number of aromatic nitrogens is 2. The minimum absolute atomic E-state index is 0.544. The molecule has 0 radical (unpaired) electrons. The van der Waals surface area contributed by atoms with E-state index in [0.29, 0.717) is 5.69 Å². The molecule has 0 fully saturated rings. The summed E-state index contributed by atoms with van der Waals surface area (Å²) in [7, 11) is 0. The van der Waals surface area contributed by atoms with E-state index in [1.807, 2.05) is 29.8 Å². The molecule has 3 nitrogen and oxygen atoms in total. The van der Waals surface area contributed by atoms with Gasteiger partial charge in [0.1, 0.15) is 5.69 Å². The summed E-state index contributed by atoms with van der Waals surface area (Å²) in [4.78, 5) is 10.9. The zero-order valence-electron chi connectivity index (χ0n) is 9.03. The van der Waals surface area contributed by atoms with Gasteiger partial charge in [0.25, 0.3) is 0 Å². The summed E-state index contributed by atoms with van der Waals surface area (Å²) < 4.78 is 1.92. The van der Waals surface area contributed by atoms with Crippen LogP contribution >= 0.6 is 0 Å². The molecule has 78 valence electrons. The molecule has 1 aromatic heterocycles. The van der Waals surface area contributed by atoms with Crippen LogP contribution in [0.5, 0.6) is 0 Å². The van der Waals surface area contributed by atoms with Gasteiger partial charge in [0, 0.05) is 11.9 Å². The van der Waals surface area contributed by atoms with Crippen molar-refractivity contribution in [3.63, 3.8) is 0 Å². The number of hydrogen-bond donors (Lipinski definition) is 0. The van der Waals surface area contributed by atoms with Gasteiger partial charge in [-0.2, -0.15) is 5.10 Å². The van der Waals surface area contributed by atoms with Crippen molar-refractivity contribution in [1.82, 2.24) is 9.78 Å². The van der Waals surface area contributed by atoms with Crippen molar-refractivity contribution in [1.29, 1.82) is 0 Å². The maximum Gasteiger partial charge on any atom is 0.170 e. The number of fused-ring (bicyclic) bond motifs is 1. The van der Waals surface area contributed by atoms with Crippen molar-refractivity contribution in [3.05, 3.63) is 29.5 Å². The molecule has 0 aliphatic heterocycles. The van der Waals surface area contributed by atoms with E-state index in [4.69, 9.17) is 0 Å². The Kier molecular flexibility index (Phi) is 2.54. The lowest BCUT2D eigenvalue weighted by atomic mass is 10.1. The average Bonchev–Trinajstić information content (AvgIpc) is 2.59. The first-order valence-corrected chi connectivity index (χ1v) is 5.19. The Labute approximate surface area is 88.7 Å². The largest absolute Gasteiger partial charge is 0.296 e. The molecule has 2 aromatic rings. The Morgan fingerprint density at radius 1 is 1.47 bits per heavy atom. The number of nitrogens with zero attached hydrogens (tertiary/aromatic N) is 2. The third kappa shape index (κ3) is 1.54. The van der Waals surface area contributed by atoms with Crippen molar-refractivity contribution in [2.45, 2.75) is 26.8 Å². The van der Waals surface area contributed by atoms with Gasteiger partial charge in [0.05, 0.1) is 5.52 Å². The highest BCUT2D eigenvalue weighted by molar-refractivity contribution is 5.96. The molecular formula is C12H14N2O. The van der Waals surface area contributed by atoms with Crippen LogP contribution in [0.25, 0.3) is 10.9 Å². The second-order valence-corrected chi connectivity index (χ2v) is 3.70. The van der Waals surface area contributed by atoms with Crippen molar-refractivity contribution >= 4 is 17.2 Å².